The molecule has 19 atom stereocenters. The van der Waals surface area contributed by atoms with Crippen molar-refractivity contribution in [3.63, 3.8) is 0 Å². The molecule has 122 heavy (non-hydrogen) atoms. The van der Waals surface area contributed by atoms with E-state index in [0.717, 1.165) is 128 Å². The highest BCUT2D eigenvalue weighted by Gasteiger charge is 2.60. The minimum absolute atomic E-state index is 0.0199. The number of phosphoric ester groups is 1. The number of unbranched alkanes of at least 4 members (excludes halogenated alkanes) is 54. The molecule has 0 spiro atoms. The Morgan fingerprint density at radius 2 is 0.615 bits per heavy atom. The third-order valence-corrected chi connectivity index (χ3v) is 26.0. The average Bonchev–Trinajstić information content (AvgIpc) is 0.753. The van der Waals surface area contributed by atoms with Gasteiger partial charge in [0.1, 0.15) is 92.6 Å². The SMILES string of the molecule is CCCCCCCCCCCCCCCCCCC(=O)OCC1OC(OC2C(OC(=O)CCCCCCCCC(C)CCCCCCCC)C(O)C(O)C(OC3OC(CO)C(O)C(O)C3O)C2OP(=O)(O)OCC(COC(=O)CCCCCCCCCCCCCCCCC)OC(=O)CCCCCCCCCCCCCCCCCC)C(O)C(O)C1O. The molecular weight excluding hydrogens is 1580 g/mol. The maximum Gasteiger partial charge on any atom is 0.472 e. The lowest BCUT2D eigenvalue weighted by atomic mass is 9.84. The van der Waals surface area contributed by atoms with Gasteiger partial charge >= 0.3 is 31.7 Å². The van der Waals surface area contributed by atoms with E-state index in [0.29, 0.717) is 38.0 Å². The van der Waals surface area contributed by atoms with Crippen LogP contribution in [-0.4, -0.2) is 205 Å². The number of esters is 4. The van der Waals surface area contributed by atoms with Crippen LogP contribution in [-0.2, 0) is 70.7 Å². The Balaban J connectivity index is 1.90. The van der Waals surface area contributed by atoms with Gasteiger partial charge in [-0.1, -0.05) is 401 Å². The quantitative estimate of drug-likeness (QED) is 0.0117. The van der Waals surface area contributed by atoms with E-state index >= 15 is 0 Å². The van der Waals surface area contributed by atoms with Crippen molar-refractivity contribution in [2.45, 2.75) is 556 Å². The van der Waals surface area contributed by atoms with Gasteiger partial charge in [0.15, 0.2) is 24.8 Å². The summed E-state index contributed by atoms with van der Waals surface area (Å²) in [6, 6.07) is 0. The summed E-state index contributed by atoms with van der Waals surface area (Å²) >= 11 is 0. The highest BCUT2D eigenvalue weighted by molar-refractivity contribution is 7.47. The fraction of sp³-hybridized carbons (Fsp3) is 0.958. The van der Waals surface area contributed by atoms with Crippen molar-refractivity contribution in [2.24, 2.45) is 5.92 Å². The Bertz CT molecular complexity index is 2540. The maximum absolute atomic E-state index is 15.0. The van der Waals surface area contributed by atoms with E-state index in [9.17, 15) is 74.6 Å². The number of aliphatic hydroxyl groups is 9. The zero-order valence-corrected chi connectivity index (χ0v) is 78.1. The molecule has 19 unspecified atom stereocenters. The maximum atomic E-state index is 15.0. The van der Waals surface area contributed by atoms with Gasteiger partial charge in [0, 0.05) is 25.7 Å². The first-order valence-electron chi connectivity index (χ1n) is 50.2. The Hall–Kier alpha value is -2.53. The van der Waals surface area contributed by atoms with Crippen molar-refractivity contribution in [1.29, 1.82) is 0 Å². The van der Waals surface area contributed by atoms with Crippen LogP contribution in [0.2, 0.25) is 0 Å². The Labute approximate surface area is 738 Å². The molecule has 26 heteroatoms. The fourth-order valence-electron chi connectivity index (χ4n) is 17.0. The first kappa shape index (κ1) is 114. The number of aliphatic hydroxyl groups excluding tert-OH is 9. The summed E-state index contributed by atoms with van der Waals surface area (Å²) in [6.45, 7) is 7.97. The summed E-state index contributed by atoms with van der Waals surface area (Å²) < 4.78 is 73.7. The average molecular weight is 1770 g/mol. The van der Waals surface area contributed by atoms with E-state index in [1.165, 1.54) is 231 Å². The Kier molecular flexibility index (Phi) is 69.1. The highest BCUT2D eigenvalue weighted by Crippen LogP contribution is 2.49. The number of phosphoric acid groups is 1. The van der Waals surface area contributed by atoms with Gasteiger partial charge in [0.25, 0.3) is 0 Å². The Morgan fingerprint density at radius 1 is 0.320 bits per heavy atom. The number of hydrogen-bond acceptors (Lipinski definition) is 24. The summed E-state index contributed by atoms with van der Waals surface area (Å²) in [4.78, 5) is 66.7. The van der Waals surface area contributed by atoms with Gasteiger partial charge in [0.05, 0.1) is 13.2 Å². The van der Waals surface area contributed by atoms with E-state index in [4.69, 9.17) is 46.9 Å². The molecule has 2 heterocycles. The lowest BCUT2D eigenvalue weighted by molar-refractivity contribution is -0.360. The zero-order chi connectivity index (χ0) is 89.1. The van der Waals surface area contributed by atoms with Crippen LogP contribution in [0, 0.1) is 5.92 Å². The van der Waals surface area contributed by atoms with Gasteiger partial charge in [-0.25, -0.2) is 4.57 Å². The third-order valence-electron chi connectivity index (χ3n) is 25.0. The summed E-state index contributed by atoms with van der Waals surface area (Å²) in [5, 5.41) is 103. The molecule has 2 saturated heterocycles. The fourth-order valence-corrected chi connectivity index (χ4v) is 17.9. The standard InChI is InChI=1S/C96H181O25P/c1-6-10-14-18-22-25-28-31-34-37-40-43-46-49-56-62-68-80(99)113-74-78-84(103)86(105)90(109)96(117-78)120-93-91(118-82(101)70-64-58-52-51-54-60-66-75(5)65-59-53-21-17-13-9-4)87(106)88(107)92(119-95-89(108)85(104)83(102)77(71-97)116-95)94(93)121-122(110,111)114-73-76(72-112-79(98)67-61-55-48-45-42-39-36-33-30-27-24-20-16-12-8-3)115-81(100)69-63-57-50-47-44-41-38-35-32-29-26-23-19-15-11-7-2/h75-78,83-97,102-109H,6-74H2,1-5H3,(H,110,111). The molecule has 0 aromatic rings. The number of ether oxygens (including phenoxy) is 8. The molecule has 2 aliphatic heterocycles. The smallest absolute Gasteiger partial charge is 0.463 e. The molecule has 1 aliphatic carbocycles. The summed E-state index contributed by atoms with van der Waals surface area (Å²) in [5.41, 5.74) is 0. The van der Waals surface area contributed by atoms with Crippen LogP contribution in [0.1, 0.15) is 452 Å². The van der Waals surface area contributed by atoms with E-state index in [1.54, 1.807) is 0 Å². The molecule has 0 amide bonds. The molecule has 720 valence electrons. The van der Waals surface area contributed by atoms with Crippen LogP contribution in [0.3, 0.4) is 0 Å². The van der Waals surface area contributed by atoms with Gasteiger partial charge in [0.2, 0.25) is 0 Å². The lowest BCUT2D eigenvalue weighted by Crippen LogP contribution is -2.70. The van der Waals surface area contributed by atoms with E-state index in [1.807, 2.05) is 0 Å². The van der Waals surface area contributed by atoms with Gasteiger partial charge in [-0.05, 0) is 31.6 Å². The summed E-state index contributed by atoms with van der Waals surface area (Å²) in [7, 11) is -5.81. The molecule has 3 fully saturated rings. The van der Waals surface area contributed by atoms with Crippen LogP contribution >= 0.6 is 7.82 Å². The normalized spacial score (nSPS) is 24.7. The molecule has 0 bridgehead atoms. The molecular formula is C96H181O25P. The van der Waals surface area contributed by atoms with Crippen molar-refractivity contribution in [3.05, 3.63) is 0 Å². The number of carbonyl (C=O) groups is 4. The molecule has 10 N–H and O–H groups in total. The van der Waals surface area contributed by atoms with Crippen molar-refractivity contribution in [3.8, 4) is 0 Å². The third kappa shape index (κ3) is 53.6. The molecule has 25 nitrogen and oxygen atoms in total. The zero-order valence-electron chi connectivity index (χ0n) is 77.2. The summed E-state index contributed by atoms with van der Waals surface area (Å²) in [6.07, 6.45) is 32.1. The predicted molar refractivity (Wildman–Crippen MR) is 477 cm³/mol. The molecule has 3 aliphatic rings. The van der Waals surface area contributed by atoms with Crippen LogP contribution in [0.15, 0.2) is 0 Å². The largest absolute Gasteiger partial charge is 0.472 e. The highest BCUT2D eigenvalue weighted by atomic mass is 31.2. The molecule has 0 aromatic carbocycles. The number of hydrogen-bond donors (Lipinski definition) is 10. The van der Waals surface area contributed by atoms with Crippen LogP contribution < -0.4 is 0 Å². The monoisotopic (exact) mass is 1770 g/mol. The van der Waals surface area contributed by atoms with E-state index in [2.05, 4.69) is 34.6 Å². The summed E-state index contributed by atoms with van der Waals surface area (Å²) in [5.74, 6) is -2.31. The molecule has 1 saturated carbocycles. The molecule has 0 aromatic heterocycles. The molecule has 0 radical (unpaired) electrons. The lowest BCUT2D eigenvalue weighted by Gasteiger charge is -2.50. The van der Waals surface area contributed by atoms with E-state index < -0.39 is 162 Å². The topological polar surface area (TPSA) is 380 Å². The van der Waals surface area contributed by atoms with Gasteiger partial charge < -0.3 is 88.7 Å². The van der Waals surface area contributed by atoms with Gasteiger partial charge in [-0.2, -0.15) is 0 Å². The number of rotatable bonds is 82. The van der Waals surface area contributed by atoms with Crippen molar-refractivity contribution in [1.82, 2.24) is 0 Å². The van der Waals surface area contributed by atoms with Crippen molar-refractivity contribution >= 4 is 31.7 Å². The van der Waals surface area contributed by atoms with Crippen LogP contribution in [0.5, 0.6) is 0 Å². The van der Waals surface area contributed by atoms with Gasteiger partial charge in [-0.3, -0.25) is 28.2 Å². The number of carbonyl (C=O) groups excluding carboxylic acids is 4. The van der Waals surface area contributed by atoms with E-state index in [-0.39, 0.29) is 25.7 Å². The second-order valence-electron chi connectivity index (χ2n) is 36.3. The van der Waals surface area contributed by atoms with Crippen LogP contribution in [0.4, 0.5) is 0 Å². The Morgan fingerprint density at radius 3 is 0.975 bits per heavy atom. The second kappa shape index (κ2) is 74.2. The van der Waals surface area contributed by atoms with Gasteiger partial charge in [-0.15, -0.1) is 0 Å². The second-order valence-corrected chi connectivity index (χ2v) is 37.7. The minimum atomic E-state index is -5.81. The first-order valence-corrected chi connectivity index (χ1v) is 51.7. The predicted octanol–water partition coefficient (Wildman–Crippen LogP) is 19.6. The first-order chi connectivity index (χ1) is 59.1. The van der Waals surface area contributed by atoms with Crippen LogP contribution in [0.25, 0.3) is 0 Å². The molecule has 3 rings (SSSR count). The van der Waals surface area contributed by atoms with Crippen molar-refractivity contribution < 1.29 is 122 Å². The van der Waals surface area contributed by atoms with Crippen molar-refractivity contribution in [2.75, 3.05) is 26.4 Å². The minimum Gasteiger partial charge on any atom is -0.463 e.